The van der Waals surface area contributed by atoms with Crippen LogP contribution >= 0.6 is 11.8 Å². The minimum atomic E-state index is -3.10. The summed E-state index contributed by atoms with van der Waals surface area (Å²) in [7, 11) is -3.10. The first-order valence-corrected chi connectivity index (χ1v) is 8.60. The first kappa shape index (κ1) is 13.3. The van der Waals surface area contributed by atoms with Gasteiger partial charge < -0.3 is 0 Å². The van der Waals surface area contributed by atoms with Crippen molar-refractivity contribution in [2.45, 2.75) is 17.7 Å². The average Bonchev–Trinajstić information content (AvgIpc) is 2.28. The summed E-state index contributed by atoms with van der Waals surface area (Å²) in [6, 6.07) is 7.49. The SMILES string of the molecule is CCSc1nc2ccccc2nc1CS(C)(=O)=O. The lowest BCUT2D eigenvalue weighted by Gasteiger charge is -2.07. The van der Waals surface area contributed by atoms with E-state index in [1.165, 1.54) is 18.0 Å². The highest BCUT2D eigenvalue weighted by atomic mass is 32.2. The molecule has 0 saturated carbocycles. The zero-order valence-corrected chi connectivity index (χ0v) is 11.9. The summed E-state index contributed by atoms with van der Waals surface area (Å²) < 4.78 is 22.8. The van der Waals surface area contributed by atoms with Gasteiger partial charge in [-0.3, -0.25) is 0 Å². The van der Waals surface area contributed by atoms with Gasteiger partial charge in [0.1, 0.15) is 5.03 Å². The smallest absolute Gasteiger partial charge is 0.153 e. The van der Waals surface area contributed by atoms with Crippen LogP contribution in [-0.2, 0) is 15.6 Å². The van der Waals surface area contributed by atoms with Gasteiger partial charge in [-0.15, -0.1) is 11.8 Å². The third-order valence-electron chi connectivity index (χ3n) is 2.29. The molecule has 1 aromatic heterocycles. The Hall–Kier alpha value is -1.14. The van der Waals surface area contributed by atoms with Gasteiger partial charge in [0, 0.05) is 6.26 Å². The van der Waals surface area contributed by atoms with Crippen LogP contribution < -0.4 is 0 Å². The predicted molar refractivity (Wildman–Crippen MR) is 74.5 cm³/mol. The van der Waals surface area contributed by atoms with Crippen LogP contribution in [0.4, 0.5) is 0 Å². The number of nitrogens with zero attached hydrogens (tertiary/aromatic N) is 2. The Morgan fingerprint density at radius 3 is 2.33 bits per heavy atom. The summed E-state index contributed by atoms with van der Waals surface area (Å²) in [5, 5.41) is 0.710. The number of hydrogen-bond donors (Lipinski definition) is 0. The van der Waals surface area contributed by atoms with Crippen molar-refractivity contribution in [1.29, 1.82) is 0 Å². The highest BCUT2D eigenvalue weighted by Crippen LogP contribution is 2.23. The van der Waals surface area contributed by atoms with Crippen molar-refractivity contribution in [1.82, 2.24) is 9.97 Å². The largest absolute Gasteiger partial charge is 0.247 e. The molecule has 1 aromatic carbocycles. The van der Waals surface area contributed by atoms with Crippen molar-refractivity contribution in [3.05, 3.63) is 30.0 Å². The zero-order chi connectivity index (χ0) is 13.2. The maximum Gasteiger partial charge on any atom is 0.153 e. The van der Waals surface area contributed by atoms with Crippen LogP contribution in [0.5, 0.6) is 0 Å². The lowest BCUT2D eigenvalue weighted by Crippen LogP contribution is -2.06. The van der Waals surface area contributed by atoms with Gasteiger partial charge in [0.15, 0.2) is 9.84 Å². The van der Waals surface area contributed by atoms with Crippen molar-refractivity contribution >= 4 is 32.6 Å². The number of hydrogen-bond acceptors (Lipinski definition) is 5. The third kappa shape index (κ3) is 3.20. The third-order valence-corrected chi connectivity index (χ3v) is 3.97. The Morgan fingerprint density at radius 1 is 1.17 bits per heavy atom. The van der Waals surface area contributed by atoms with E-state index >= 15 is 0 Å². The number of rotatable bonds is 4. The second-order valence-corrected chi connectivity index (χ2v) is 7.36. The number of fused-ring (bicyclic) bond motifs is 1. The molecule has 0 aliphatic rings. The standard InChI is InChI=1S/C12H14N2O2S2/c1-3-17-12-11(8-18(2,15)16)13-9-6-4-5-7-10(9)14-12/h4-7H,3,8H2,1-2H3. The molecule has 1 heterocycles. The van der Waals surface area contributed by atoms with E-state index in [0.29, 0.717) is 10.7 Å². The molecule has 0 spiro atoms. The summed E-state index contributed by atoms with van der Waals surface area (Å²) in [5.74, 6) is 0.775. The lowest BCUT2D eigenvalue weighted by atomic mass is 10.3. The van der Waals surface area contributed by atoms with Crippen LogP contribution in [0.3, 0.4) is 0 Å². The van der Waals surface area contributed by atoms with Crippen LogP contribution in [0.15, 0.2) is 29.3 Å². The van der Waals surface area contributed by atoms with Crippen LogP contribution in [0.25, 0.3) is 11.0 Å². The minimum Gasteiger partial charge on any atom is -0.247 e. The van der Waals surface area contributed by atoms with Gasteiger partial charge in [0.05, 0.1) is 22.5 Å². The molecule has 0 bridgehead atoms. The number of para-hydroxylation sites is 2. The van der Waals surface area contributed by atoms with Gasteiger partial charge in [-0.1, -0.05) is 19.1 Å². The monoisotopic (exact) mass is 282 g/mol. The van der Waals surface area contributed by atoms with Crippen molar-refractivity contribution in [2.75, 3.05) is 12.0 Å². The average molecular weight is 282 g/mol. The molecule has 0 fully saturated rings. The van der Waals surface area contributed by atoms with E-state index in [4.69, 9.17) is 0 Å². The van der Waals surface area contributed by atoms with E-state index in [-0.39, 0.29) is 5.75 Å². The molecule has 18 heavy (non-hydrogen) atoms. The molecule has 4 nitrogen and oxygen atoms in total. The Morgan fingerprint density at radius 2 is 1.78 bits per heavy atom. The first-order chi connectivity index (χ1) is 8.49. The quantitative estimate of drug-likeness (QED) is 0.805. The number of benzene rings is 1. The Balaban J connectivity index is 2.57. The lowest BCUT2D eigenvalue weighted by molar-refractivity contribution is 0.600. The molecule has 2 aromatic rings. The summed E-state index contributed by atoms with van der Waals surface area (Å²) in [6.07, 6.45) is 1.21. The van der Waals surface area contributed by atoms with Crippen LogP contribution in [-0.4, -0.2) is 30.4 Å². The number of thioether (sulfide) groups is 1. The van der Waals surface area contributed by atoms with Crippen molar-refractivity contribution < 1.29 is 8.42 Å². The van der Waals surface area contributed by atoms with Gasteiger partial charge in [-0.2, -0.15) is 0 Å². The summed E-state index contributed by atoms with van der Waals surface area (Å²) in [6.45, 7) is 2.01. The van der Waals surface area contributed by atoms with Gasteiger partial charge in [0.25, 0.3) is 0 Å². The van der Waals surface area contributed by atoms with E-state index < -0.39 is 9.84 Å². The number of sulfone groups is 1. The van der Waals surface area contributed by atoms with Gasteiger partial charge in [-0.25, -0.2) is 18.4 Å². The molecule has 6 heteroatoms. The zero-order valence-electron chi connectivity index (χ0n) is 10.3. The fraction of sp³-hybridized carbons (Fsp3) is 0.333. The molecule has 0 radical (unpaired) electrons. The highest BCUT2D eigenvalue weighted by Gasteiger charge is 2.13. The van der Waals surface area contributed by atoms with E-state index in [1.54, 1.807) is 0 Å². The number of aromatic nitrogens is 2. The summed E-state index contributed by atoms with van der Waals surface area (Å²) in [5.41, 5.74) is 2.07. The van der Waals surface area contributed by atoms with Crippen LogP contribution in [0, 0.1) is 0 Å². The fourth-order valence-electron chi connectivity index (χ4n) is 1.62. The van der Waals surface area contributed by atoms with Crippen molar-refractivity contribution in [3.63, 3.8) is 0 Å². The summed E-state index contributed by atoms with van der Waals surface area (Å²) >= 11 is 1.52. The van der Waals surface area contributed by atoms with Crippen molar-refractivity contribution in [2.24, 2.45) is 0 Å². The van der Waals surface area contributed by atoms with E-state index in [0.717, 1.165) is 16.8 Å². The topological polar surface area (TPSA) is 59.9 Å². The Kier molecular flexibility index (Phi) is 3.87. The second-order valence-electron chi connectivity index (χ2n) is 3.97. The molecule has 2 rings (SSSR count). The fourth-order valence-corrected chi connectivity index (χ4v) is 3.13. The van der Waals surface area contributed by atoms with Crippen molar-refractivity contribution in [3.8, 4) is 0 Å². The predicted octanol–water partition coefficient (Wildman–Crippen LogP) is 2.29. The molecule has 0 aliphatic heterocycles. The molecule has 0 N–H and O–H groups in total. The molecule has 0 aliphatic carbocycles. The molecular formula is C12H14N2O2S2. The van der Waals surface area contributed by atoms with Gasteiger partial charge in [0.2, 0.25) is 0 Å². The van der Waals surface area contributed by atoms with Crippen LogP contribution in [0.1, 0.15) is 12.6 Å². The second kappa shape index (κ2) is 5.24. The molecule has 96 valence electrons. The maximum absolute atomic E-state index is 11.4. The highest BCUT2D eigenvalue weighted by molar-refractivity contribution is 7.99. The van der Waals surface area contributed by atoms with E-state index in [2.05, 4.69) is 9.97 Å². The molecule has 0 saturated heterocycles. The molecule has 0 atom stereocenters. The van der Waals surface area contributed by atoms with E-state index in [1.807, 2.05) is 31.2 Å². The first-order valence-electron chi connectivity index (χ1n) is 5.56. The Bertz CT molecular complexity index is 669. The van der Waals surface area contributed by atoms with E-state index in [9.17, 15) is 8.42 Å². The Labute approximate surface area is 111 Å². The normalized spacial score (nSPS) is 11.9. The van der Waals surface area contributed by atoms with Gasteiger partial charge >= 0.3 is 0 Å². The summed E-state index contributed by atoms with van der Waals surface area (Å²) in [4.78, 5) is 8.90. The minimum absolute atomic E-state index is 0.0623. The van der Waals surface area contributed by atoms with Gasteiger partial charge in [-0.05, 0) is 17.9 Å². The maximum atomic E-state index is 11.4. The molecular weight excluding hydrogens is 268 g/mol. The molecule has 0 amide bonds. The molecule has 0 unspecified atom stereocenters. The van der Waals surface area contributed by atoms with Crippen LogP contribution in [0.2, 0.25) is 0 Å².